The van der Waals surface area contributed by atoms with E-state index in [1.165, 1.54) is 18.1 Å². The molecule has 0 radical (unpaired) electrons. The van der Waals surface area contributed by atoms with Gasteiger partial charge >= 0.3 is 0 Å². The van der Waals surface area contributed by atoms with Crippen LogP contribution in [0, 0.1) is 11.3 Å². The predicted molar refractivity (Wildman–Crippen MR) is 62.3 cm³/mol. The van der Waals surface area contributed by atoms with E-state index >= 15 is 0 Å². The fourth-order valence-electron chi connectivity index (χ4n) is 1.39. The van der Waals surface area contributed by atoms with Crippen LogP contribution in [0.15, 0.2) is 34.6 Å². The maximum absolute atomic E-state index is 9.65. The Morgan fingerprint density at radius 3 is 2.94 bits per heavy atom. The van der Waals surface area contributed by atoms with Gasteiger partial charge in [-0.1, -0.05) is 6.07 Å². The van der Waals surface area contributed by atoms with E-state index < -0.39 is 6.10 Å². The Kier molecular flexibility index (Phi) is 3.42. The van der Waals surface area contributed by atoms with Crippen LogP contribution >= 0.6 is 11.8 Å². The van der Waals surface area contributed by atoms with Crippen LogP contribution in [-0.2, 0) is 0 Å². The number of aliphatic hydroxyl groups is 1. The van der Waals surface area contributed by atoms with E-state index in [4.69, 9.17) is 5.26 Å². The van der Waals surface area contributed by atoms with E-state index in [9.17, 15) is 5.11 Å². The minimum absolute atomic E-state index is 0.552. The van der Waals surface area contributed by atoms with Crippen molar-refractivity contribution in [1.82, 2.24) is 15.2 Å². The highest BCUT2D eigenvalue weighted by atomic mass is 32.2. The predicted octanol–water partition coefficient (Wildman–Crippen LogP) is 1.88. The van der Waals surface area contributed by atoms with Gasteiger partial charge in [-0.15, -0.1) is 0 Å². The second-order valence-electron chi connectivity index (χ2n) is 3.43. The van der Waals surface area contributed by atoms with Crippen LogP contribution in [0.1, 0.15) is 24.2 Å². The molecule has 0 spiro atoms. The first-order chi connectivity index (χ1) is 8.20. The summed E-state index contributed by atoms with van der Waals surface area (Å²) in [6, 6.07) is 7.24. The second-order valence-corrected chi connectivity index (χ2v) is 4.46. The van der Waals surface area contributed by atoms with Gasteiger partial charge in [0.05, 0.1) is 17.7 Å². The standard InChI is InChI=1S/C11H10N4OS/c1-7(16)9-3-2-8(5-12)4-10(9)17-11-13-6-14-15-11/h2-4,6-7,16H,1H3,(H,13,14,15). The number of hydrogen-bond acceptors (Lipinski definition) is 5. The van der Waals surface area contributed by atoms with Gasteiger partial charge in [-0.2, -0.15) is 10.4 Å². The average molecular weight is 246 g/mol. The van der Waals surface area contributed by atoms with Gasteiger partial charge in [-0.25, -0.2) is 4.98 Å². The summed E-state index contributed by atoms with van der Waals surface area (Å²) < 4.78 is 0. The molecule has 1 heterocycles. The number of nitriles is 1. The summed E-state index contributed by atoms with van der Waals surface area (Å²) in [6.45, 7) is 1.69. The van der Waals surface area contributed by atoms with Crippen LogP contribution in [0.3, 0.4) is 0 Å². The highest BCUT2D eigenvalue weighted by molar-refractivity contribution is 7.99. The van der Waals surface area contributed by atoms with Crippen molar-refractivity contribution in [2.75, 3.05) is 0 Å². The van der Waals surface area contributed by atoms with Crippen molar-refractivity contribution in [1.29, 1.82) is 5.26 Å². The molecule has 0 aliphatic heterocycles. The van der Waals surface area contributed by atoms with E-state index in [1.807, 2.05) is 0 Å². The number of nitrogens with zero attached hydrogens (tertiary/aromatic N) is 3. The normalized spacial score (nSPS) is 12.1. The van der Waals surface area contributed by atoms with Crippen LogP contribution < -0.4 is 0 Å². The molecule has 1 aromatic carbocycles. The van der Waals surface area contributed by atoms with Crippen molar-refractivity contribution in [2.45, 2.75) is 23.1 Å². The highest BCUT2D eigenvalue weighted by Crippen LogP contribution is 2.31. The number of aromatic amines is 1. The molecule has 0 aliphatic rings. The lowest BCUT2D eigenvalue weighted by molar-refractivity contribution is 0.196. The Morgan fingerprint density at radius 1 is 1.53 bits per heavy atom. The SMILES string of the molecule is CC(O)c1ccc(C#N)cc1Sc1ncn[nH]1. The molecule has 0 amide bonds. The monoisotopic (exact) mass is 246 g/mol. The molecule has 5 nitrogen and oxygen atoms in total. The summed E-state index contributed by atoms with van der Waals surface area (Å²) in [7, 11) is 0. The van der Waals surface area contributed by atoms with Gasteiger partial charge in [0, 0.05) is 4.90 Å². The molecule has 0 bridgehead atoms. The fourth-order valence-corrected chi connectivity index (χ4v) is 2.33. The Balaban J connectivity index is 2.39. The molecule has 0 saturated heterocycles. The zero-order valence-corrected chi connectivity index (χ0v) is 9.90. The maximum atomic E-state index is 9.65. The summed E-state index contributed by atoms with van der Waals surface area (Å²) in [6.07, 6.45) is 0.826. The van der Waals surface area contributed by atoms with Gasteiger partial charge in [0.2, 0.25) is 0 Å². The number of aliphatic hydroxyl groups excluding tert-OH is 1. The average Bonchev–Trinajstić information content (AvgIpc) is 2.81. The number of benzene rings is 1. The van der Waals surface area contributed by atoms with Crippen LogP contribution in [0.25, 0.3) is 0 Å². The van der Waals surface area contributed by atoms with E-state index in [-0.39, 0.29) is 0 Å². The molecule has 1 atom stereocenters. The summed E-state index contributed by atoms with van der Waals surface area (Å²) in [5, 5.41) is 25.6. The van der Waals surface area contributed by atoms with Crippen molar-refractivity contribution >= 4 is 11.8 Å². The molecule has 2 N–H and O–H groups in total. The van der Waals surface area contributed by atoms with Crippen LogP contribution in [0.5, 0.6) is 0 Å². The number of H-pyrrole nitrogens is 1. The van der Waals surface area contributed by atoms with Gasteiger partial charge in [0.1, 0.15) is 6.33 Å². The zero-order valence-electron chi connectivity index (χ0n) is 9.08. The van der Waals surface area contributed by atoms with Crippen LogP contribution in [-0.4, -0.2) is 20.3 Å². The quantitative estimate of drug-likeness (QED) is 0.863. The third kappa shape index (κ3) is 2.64. The third-order valence-corrected chi connectivity index (χ3v) is 3.16. The van der Waals surface area contributed by atoms with Crippen molar-refractivity contribution in [2.24, 2.45) is 0 Å². The first-order valence-electron chi connectivity index (χ1n) is 4.96. The Morgan fingerprint density at radius 2 is 2.35 bits per heavy atom. The molecule has 2 aromatic rings. The first-order valence-corrected chi connectivity index (χ1v) is 5.77. The van der Waals surface area contributed by atoms with Crippen molar-refractivity contribution < 1.29 is 5.11 Å². The van der Waals surface area contributed by atoms with Crippen molar-refractivity contribution in [3.63, 3.8) is 0 Å². The topological polar surface area (TPSA) is 85.6 Å². The molecule has 2 rings (SSSR count). The van der Waals surface area contributed by atoms with Crippen molar-refractivity contribution in [3.8, 4) is 6.07 Å². The van der Waals surface area contributed by atoms with Crippen LogP contribution in [0.4, 0.5) is 0 Å². The number of nitrogens with one attached hydrogen (secondary N) is 1. The van der Waals surface area contributed by atoms with Crippen molar-refractivity contribution in [3.05, 3.63) is 35.7 Å². The molecule has 6 heteroatoms. The molecular weight excluding hydrogens is 236 g/mol. The molecule has 1 aromatic heterocycles. The van der Waals surface area contributed by atoms with E-state index in [0.29, 0.717) is 10.7 Å². The molecule has 1 unspecified atom stereocenters. The molecule has 0 fully saturated rings. The van der Waals surface area contributed by atoms with Gasteiger partial charge in [0.25, 0.3) is 0 Å². The molecule has 17 heavy (non-hydrogen) atoms. The smallest absolute Gasteiger partial charge is 0.188 e. The lowest BCUT2D eigenvalue weighted by atomic mass is 10.1. The summed E-state index contributed by atoms with van der Waals surface area (Å²) >= 11 is 1.34. The molecule has 0 aliphatic carbocycles. The minimum Gasteiger partial charge on any atom is -0.389 e. The minimum atomic E-state index is -0.590. The van der Waals surface area contributed by atoms with E-state index in [0.717, 1.165) is 10.5 Å². The lowest BCUT2D eigenvalue weighted by Crippen LogP contribution is -1.95. The van der Waals surface area contributed by atoms with Gasteiger partial charge < -0.3 is 5.11 Å². The molecular formula is C11H10N4OS. The third-order valence-electron chi connectivity index (χ3n) is 2.19. The molecule has 0 saturated carbocycles. The maximum Gasteiger partial charge on any atom is 0.188 e. The number of hydrogen-bond donors (Lipinski definition) is 2. The van der Waals surface area contributed by atoms with E-state index in [1.54, 1.807) is 25.1 Å². The first kappa shape index (κ1) is 11.6. The highest BCUT2D eigenvalue weighted by Gasteiger charge is 2.11. The Hall–Kier alpha value is -1.84. The largest absolute Gasteiger partial charge is 0.389 e. The Bertz CT molecular complexity index is 545. The van der Waals surface area contributed by atoms with Gasteiger partial charge in [-0.3, -0.25) is 5.10 Å². The van der Waals surface area contributed by atoms with Gasteiger partial charge in [-0.05, 0) is 36.4 Å². The van der Waals surface area contributed by atoms with E-state index in [2.05, 4.69) is 21.3 Å². The second kappa shape index (κ2) is 4.99. The molecule has 86 valence electrons. The summed E-state index contributed by atoms with van der Waals surface area (Å²) in [5.41, 5.74) is 1.32. The summed E-state index contributed by atoms with van der Waals surface area (Å²) in [5.74, 6) is 0. The number of rotatable bonds is 3. The van der Waals surface area contributed by atoms with Crippen LogP contribution in [0.2, 0.25) is 0 Å². The zero-order chi connectivity index (χ0) is 12.3. The summed E-state index contributed by atoms with van der Waals surface area (Å²) in [4.78, 5) is 4.80. The Labute approximate surface area is 103 Å². The van der Waals surface area contributed by atoms with Gasteiger partial charge in [0.15, 0.2) is 5.16 Å². The lowest BCUT2D eigenvalue weighted by Gasteiger charge is -2.10. The number of aromatic nitrogens is 3. The fraction of sp³-hybridized carbons (Fsp3) is 0.182.